The van der Waals surface area contributed by atoms with Crippen molar-refractivity contribution in [3.05, 3.63) is 24.3 Å². The minimum Gasteiger partial charge on any atom is -0.262 e. The standard InChI is InChI=1S/C14H19N3O2S/c1-10-13-4-2-3-5-14(13)17(16-10)11-6-8-12(9-7-11)20(15,18)19/h6-9,13-14H,2-5H2,1H3,(H2,15,18,19). The van der Waals surface area contributed by atoms with Crippen molar-refractivity contribution in [1.29, 1.82) is 0 Å². The van der Waals surface area contributed by atoms with Crippen LogP contribution in [0.5, 0.6) is 0 Å². The highest BCUT2D eigenvalue weighted by Gasteiger charge is 2.37. The summed E-state index contributed by atoms with van der Waals surface area (Å²) in [6, 6.07) is 7.09. The van der Waals surface area contributed by atoms with Gasteiger partial charge in [-0.05, 0) is 44.0 Å². The number of rotatable bonds is 2. The van der Waals surface area contributed by atoms with E-state index in [4.69, 9.17) is 5.14 Å². The number of hydrogen-bond donors (Lipinski definition) is 1. The molecule has 0 bridgehead atoms. The maximum atomic E-state index is 11.3. The van der Waals surface area contributed by atoms with Crippen LogP contribution in [0, 0.1) is 5.92 Å². The fourth-order valence-electron chi connectivity index (χ4n) is 3.25. The SMILES string of the molecule is CC1=NN(c2ccc(S(N)(=O)=O)cc2)C2CCCCC12. The summed E-state index contributed by atoms with van der Waals surface area (Å²) in [5, 5.41) is 11.8. The van der Waals surface area contributed by atoms with E-state index in [0.29, 0.717) is 12.0 Å². The lowest BCUT2D eigenvalue weighted by Crippen LogP contribution is -2.35. The fraction of sp³-hybridized carbons (Fsp3) is 0.500. The maximum absolute atomic E-state index is 11.3. The van der Waals surface area contributed by atoms with Crippen molar-refractivity contribution < 1.29 is 8.42 Å². The van der Waals surface area contributed by atoms with E-state index in [1.54, 1.807) is 24.3 Å². The van der Waals surface area contributed by atoms with Gasteiger partial charge in [-0.25, -0.2) is 13.6 Å². The molecule has 108 valence electrons. The molecule has 20 heavy (non-hydrogen) atoms. The van der Waals surface area contributed by atoms with Crippen LogP contribution in [-0.4, -0.2) is 20.2 Å². The first kappa shape index (κ1) is 13.6. The van der Waals surface area contributed by atoms with Gasteiger partial charge in [0.2, 0.25) is 10.0 Å². The van der Waals surface area contributed by atoms with Crippen molar-refractivity contribution in [2.45, 2.75) is 43.5 Å². The van der Waals surface area contributed by atoms with Crippen LogP contribution in [-0.2, 0) is 10.0 Å². The molecule has 3 rings (SSSR count). The molecule has 0 amide bonds. The molecule has 2 atom stereocenters. The minimum atomic E-state index is -3.63. The lowest BCUT2D eigenvalue weighted by atomic mass is 9.82. The normalized spacial score (nSPS) is 26.3. The highest BCUT2D eigenvalue weighted by Crippen LogP contribution is 2.37. The van der Waals surface area contributed by atoms with Gasteiger partial charge in [-0.1, -0.05) is 12.8 Å². The first-order valence-electron chi connectivity index (χ1n) is 6.94. The van der Waals surface area contributed by atoms with Crippen LogP contribution in [0.4, 0.5) is 5.69 Å². The van der Waals surface area contributed by atoms with Crippen molar-refractivity contribution in [1.82, 2.24) is 0 Å². The quantitative estimate of drug-likeness (QED) is 0.907. The topological polar surface area (TPSA) is 75.8 Å². The minimum absolute atomic E-state index is 0.140. The molecular weight excluding hydrogens is 274 g/mol. The number of hydrogen-bond acceptors (Lipinski definition) is 4. The summed E-state index contributed by atoms with van der Waals surface area (Å²) in [7, 11) is -3.63. The largest absolute Gasteiger partial charge is 0.262 e. The monoisotopic (exact) mass is 293 g/mol. The zero-order chi connectivity index (χ0) is 14.3. The Morgan fingerprint density at radius 2 is 1.85 bits per heavy atom. The zero-order valence-electron chi connectivity index (χ0n) is 11.5. The Morgan fingerprint density at radius 1 is 1.20 bits per heavy atom. The van der Waals surface area contributed by atoms with E-state index < -0.39 is 10.0 Å². The van der Waals surface area contributed by atoms with Gasteiger partial charge in [0, 0.05) is 11.6 Å². The molecule has 0 aromatic heterocycles. The highest BCUT2D eigenvalue weighted by atomic mass is 32.2. The highest BCUT2D eigenvalue weighted by molar-refractivity contribution is 7.89. The van der Waals surface area contributed by atoms with E-state index in [9.17, 15) is 8.42 Å². The van der Waals surface area contributed by atoms with Crippen LogP contribution >= 0.6 is 0 Å². The lowest BCUT2D eigenvalue weighted by molar-refractivity contribution is 0.383. The van der Waals surface area contributed by atoms with Crippen molar-refractivity contribution in [3.63, 3.8) is 0 Å². The third kappa shape index (κ3) is 2.33. The summed E-state index contributed by atoms with van der Waals surface area (Å²) in [6.07, 6.45) is 4.84. The maximum Gasteiger partial charge on any atom is 0.238 e. The summed E-state index contributed by atoms with van der Waals surface area (Å²) in [5.41, 5.74) is 2.12. The summed E-state index contributed by atoms with van der Waals surface area (Å²) < 4.78 is 22.6. The predicted octanol–water partition coefficient (Wildman–Crippen LogP) is 2.09. The Morgan fingerprint density at radius 3 is 2.50 bits per heavy atom. The number of sulfonamides is 1. The van der Waals surface area contributed by atoms with E-state index in [1.807, 2.05) is 5.01 Å². The zero-order valence-corrected chi connectivity index (χ0v) is 12.3. The van der Waals surface area contributed by atoms with E-state index in [0.717, 1.165) is 12.1 Å². The molecule has 2 aliphatic rings. The van der Waals surface area contributed by atoms with Gasteiger partial charge in [-0.15, -0.1) is 0 Å². The molecule has 0 saturated heterocycles. The number of hydrazone groups is 1. The Hall–Kier alpha value is -1.40. The molecule has 1 aromatic carbocycles. The van der Waals surface area contributed by atoms with Gasteiger partial charge >= 0.3 is 0 Å². The summed E-state index contributed by atoms with van der Waals surface area (Å²) >= 11 is 0. The lowest BCUT2D eigenvalue weighted by Gasteiger charge is -2.31. The summed E-state index contributed by atoms with van der Waals surface area (Å²) in [4.78, 5) is 0.140. The van der Waals surface area contributed by atoms with E-state index in [1.165, 1.54) is 25.0 Å². The van der Waals surface area contributed by atoms with E-state index >= 15 is 0 Å². The third-order valence-electron chi connectivity index (χ3n) is 4.28. The number of primary sulfonamides is 1. The number of nitrogens with zero attached hydrogens (tertiary/aromatic N) is 2. The molecule has 1 aliphatic carbocycles. The van der Waals surface area contributed by atoms with Crippen LogP contribution in [0.15, 0.2) is 34.3 Å². The van der Waals surface area contributed by atoms with Crippen molar-refractivity contribution in [3.8, 4) is 0 Å². The van der Waals surface area contributed by atoms with Crippen molar-refractivity contribution in [2.75, 3.05) is 5.01 Å². The van der Waals surface area contributed by atoms with Gasteiger partial charge in [-0.2, -0.15) is 5.10 Å². The van der Waals surface area contributed by atoms with Crippen molar-refractivity contribution >= 4 is 21.4 Å². The Labute approximate surface area is 119 Å². The number of nitrogens with two attached hydrogens (primary N) is 1. The van der Waals surface area contributed by atoms with Gasteiger partial charge in [0.15, 0.2) is 0 Å². The molecule has 2 N–H and O–H groups in total. The average molecular weight is 293 g/mol. The van der Waals surface area contributed by atoms with Crippen molar-refractivity contribution in [2.24, 2.45) is 16.2 Å². The Bertz CT molecular complexity index is 637. The van der Waals surface area contributed by atoms with Gasteiger partial charge in [0.1, 0.15) is 0 Å². The van der Waals surface area contributed by atoms with Gasteiger partial charge in [0.05, 0.1) is 16.6 Å². The van der Waals surface area contributed by atoms with Gasteiger partial charge < -0.3 is 0 Å². The smallest absolute Gasteiger partial charge is 0.238 e. The second kappa shape index (κ2) is 4.86. The fourth-order valence-corrected chi connectivity index (χ4v) is 3.76. The molecule has 6 heteroatoms. The summed E-state index contributed by atoms with van der Waals surface area (Å²) in [5.74, 6) is 0.543. The predicted molar refractivity (Wildman–Crippen MR) is 79.1 cm³/mol. The first-order valence-corrected chi connectivity index (χ1v) is 8.48. The molecule has 0 spiro atoms. The van der Waals surface area contributed by atoms with Crippen LogP contribution in [0.1, 0.15) is 32.6 Å². The number of benzene rings is 1. The Balaban J connectivity index is 1.90. The molecule has 1 aliphatic heterocycles. The van der Waals surface area contributed by atoms with E-state index in [2.05, 4.69) is 12.0 Å². The molecule has 1 heterocycles. The molecule has 5 nitrogen and oxygen atoms in total. The summed E-state index contributed by atoms with van der Waals surface area (Å²) in [6.45, 7) is 2.09. The molecule has 0 radical (unpaired) electrons. The molecule has 1 saturated carbocycles. The number of anilines is 1. The first-order chi connectivity index (χ1) is 9.47. The van der Waals surface area contributed by atoms with Gasteiger partial charge in [0.25, 0.3) is 0 Å². The second-order valence-electron chi connectivity index (χ2n) is 5.58. The van der Waals surface area contributed by atoms with E-state index in [-0.39, 0.29) is 4.90 Å². The van der Waals surface area contributed by atoms with Crippen LogP contribution < -0.4 is 10.1 Å². The molecular formula is C14H19N3O2S. The molecule has 2 unspecified atom stereocenters. The number of fused-ring (bicyclic) bond motifs is 1. The van der Waals surface area contributed by atoms with Gasteiger partial charge in [-0.3, -0.25) is 5.01 Å². The molecule has 1 fully saturated rings. The average Bonchev–Trinajstić information content (AvgIpc) is 2.76. The van der Waals surface area contributed by atoms with Crippen LogP contribution in [0.2, 0.25) is 0 Å². The third-order valence-corrected chi connectivity index (χ3v) is 5.20. The molecule has 1 aromatic rings. The Kier molecular flexibility index (Phi) is 3.30. The van der Waals surface area contributed by atoms with Crippen LogP contribution in [0.25, 0.3) is 0 Å². The second-order valence-corrected chi connectivity index (χ2v) is 7.14. The van der Waals surface area contributed by atoms with Crippen LogP contribution in [0.3, 0.4) is 0 Å².